The van der Waals surface area contributed by atoms with Crippen LogP contribution in [0.15, 0.2) is 24.3 Å². The number of nitrogens with one attached hydrogen (secondary N) is 1. The van der Waals surface area contributed by atoms with Crippen molar-refractivity contribution in [3.05, 3.63) is 29.8 Å². The Morgan fingerprint density at radius 1 is 1.33 bits per heavy atom. The number of rotatable bonds is 4. The van der Waals surface area contributed by atoms with E-state index in [9.17, 15) is 14.4 Å². The van der Waals surface area contributed by atoms with Crippen LogP contribution >= 0.6 is 0 Å². The second-order valence-corrected chi connectivity index (χ2v) is 5.03. The van der Waals surface area contributed by atoms with Crippen molar-refractivity contribution in [2.24, 2.45) is 5.92 Å². The molecular weight excluding hydrogens is 272 g/mol. The Morgan fingerprint density at radius 3 is 2.62 bits per heavy atom. The van der Waals surface area contributed by atoms with Crippen molar-refractivity contribution in [3.8, 4) is 0 Å². The minimum absolute atomic E-state index is 0.0860. The highest BCUT2D eigenvalue weighted by Crippen LogP contribution is 2.25. The van der Waals surface area contributed by atoms with Crippen molar-refractivity contribution in [2.75, 3.05) is 25.1 Å². The summed E-state index contributed by atoms with van der Waals surface area (Å²) in [7, 11) is 1.26. The highest BCUT2D eigenvalue weighted by atomic mass is 16.5. The third-order valence-electron chi connectivity index (χ3n) is 3.48. The summed E-state index contributed by atoms with van der Waals surface area (Å²) in [4.78, 5) is 36.6. The van der Waals surface area contributed by atoms with Crippen molar-refractivity contribution in [1.29, 1.82) is 0 Å². The van der Waals surface area contributed by atoms with Gasteiger partial charge < -0.3 is 15.0 Å². The van der Waals surface area contributed by atoms with Gasteiger partial charge in [0.25, 0.3) is 0 Å². The van der Waals surface area contributed by atoms with E-state index in [4.69, 9.17) is 0 Å². The number of esters is 1. The Balaban J connectivity index is 1.97. The van der Waals surface area contributed by atoms with Gasteiger partial charge in [-0.3, -0.25) is 14.4 Å². The lowest BCUT2D eigenvalue weighted by atomic mass is 10.1. The summed E-state index contributed by atoms with van der Waals surface area (Å²) < 4.78 is 4.46. The third kappa shape index (κ3) is 3.59. The van der Waals surface area contributed by atoms with E-state index in [0.29, 0.717) is 6.54 Å². The average Bonchev–Trinajstić information content (AvgIpc) is 2.87. The minimum Gasteiger partial charge on any atom is -0.468 e. The topological polar surface area (TPSA) is 75.7 Å². The molecule has 0 spiro atoms. The molecule has 1 heterocycles. The summed E-state index contributed by atoms with van der Waals surface area (Å²) in [5.74, 6) is -1.34. The molecule has 0 aliphatic carbocycles. The van der Waals surface area contributed by atoms with Crippen molar-refractivity contribution in [1.82, 2.24) is 5.32 Å². The second-order valence-electron chi connectivity index (χ2n) is 5.03. The Kier molecular flexibility index (Phi) is 4.57. The van der Waals surface area contributed by atoms with Gasteiger partial charge in [0.2, 0.25) is 11.8 Å². The van der Waals surface area contributed by atoms with Crippen LogP contribution in [0.1, 0.15) is 12.0 Å². The Morgan fingerprint density at radius 2 is 2.00 bits per heavy atom. The summed E-state index contributed by atoms with van der Waals surface area (Å²) in [6, 6.07) is 7.57. The first-order valence-corrected chi connectivity index (χ1v) is 6.73. The number of methoxy groups -OCH3 is 1. The number of hydrogen-bond donors (Lipinski definition) is 1. The normalized spacial score (nSPS) is 17.7. The highest BCUT2D eigenvalue weighted by molar-refractivity contribution is 6.00. The minimum atomic E-state index is -0.511. The van der Waals surface area contributed by atoms with E-state index in [1.54, 1.807) is 4.90 Å². The molecule has 2 rings (SSSR count). The fourth-order valence-corrected chi connectivity index (χ4v) is 2.23. The molecule has 2 amide bonds. The zero-order valence-corrected chi connectivity index (χ0v) is 12.1. The smallest absolute Gasteiger partial charge is 0.325 e. The Bertz CT molecular complexity index is 553. The number of nitrogens with zero attached hydrogens (tertiary/aromatic N) is 1. The lowest BCUT2D eigenvalue weighted by Gasteiger charge is -2.16. The predicted octanol–water partition coefficient (Wildman–Crippen LogP) is 0.637. The molecule has 1 aliphatic heterocycles. The number of carbonyl (C=O) groups excluding carboxylic acids is 3. The molecule has 1 fully saturated rings. The summed E-state index contributed by atoms with van der Waals surface area (Å²) in [5.41, 5.74) is 1.90. The molecule has 0 aromatic heterocycles. The van der Waals surface area contributed by atoms with Gasteiger partial charge >= 0.3 is 5.97 Å². The van der Waals surface area contributed by atoms with Crippen LogP contribution in [0.5, 0.6) is 0 Å². The lowest BCUT2D eigenvalue weighted by molar-refractivity contribution is -0.141. The van der Waals surface area contributed by atoms with Gasteiger partial charge in [-0.05, 0) is 19.1 Å². The molecule has 0 saturated carbocycles. The van der Waals surface area contributed by atoms with Gasteiger partial charge in [0, 0.05) is 18.7 Å². The van der Waals surface area contributed by atoms with Gasteiger partial charge in [0.15, 0.2) is 0 Å². The van der Waals surface area contributed by atoms with Gasteiger partial charge in [-0.2, -0.15) is 0 Å². The van der Waals surface area contributed by atoms with E-state index in [2.05, 4.69) is 10.1 Å². The molecule has 1 atom stereocenters. The number of carbonyl (C=O) groups is 3. The molecule has 1 aliphatic rings. The quantitative estimate of drug-likeness (QED) is 0.826. The van der Waals surface area contributed by atoms with E-state index < -0.39 is 11.9 Å². The Hall–Kier alpha value is -2.37. The maximum absolute atomic E-state index is 12.0. The van der Waals surface area contributed by atoms with E-state index in [-0.39, 0.29) is 24.8 Å². The monoisotopic (exact) mass is 290 g/mol. The molecule has 21 heavy (non-hydrogen) atoms. The van der Waals surface area contributed by atoms with Crippen LogP contribution in [-0.2, 0) is 19.1 Å². The molecule has 1 N–H and O–H groups in total. The lowest BCUT2D eigenvalue weighted by Crippen LogP contribution is -2.36. The number of anilines is 1. The number of amides is 2. The third-order valence-corrected chi connectivity index (χ3v) is 3.48. The number of ether oxygens (including phenoxy) is 1. The Labute approximate surface area is 123 Å². The maximum atomic E-state index is 12.0. The van der Waals surface area contributed by atoms with Crippen LogP contribution in [-0.4, -0.2) is 38.0 Å². The number of hydrogen-bond acceptors (Lipinski definition) is 4. The van der Waals surface area contributed by atoms with Gasteiger partial charge in [-0.15, -0.1) is 0 Å². The molecule has 0 bridgehead atoms. The standard InChI is InChI=1S/C15H18N2O4/c1-10-3-5-12(6-4-10)17-9-11(7-13(17)18)15(20)16-8-14(19)21-2/h3-6,11H,7-9H2,1-2H3,(H,16,20)/t11-/m1/s1. The van der Waals surface area contributed by atoms with E-state index in [1.807, 2.05) is 31.2 Å². The molecule has 1 aromatic rings. The fourth-order valence-electron chi connectivity index (χ4n) is 2.23. The van der Waals surface area contributed by atoms with Crippen molar-refractivity contribution >= 4 is 23.5 Å². The van der Waals surface area contributed by atoms with Crippen LogP contribution in [0.4, 0.5) is 5.69 Å². The summed E-state index contributed by atoms with van der Waals surface area (Å²) in [6.45, 7) is 2.12. The highest BCUT2D eigenvalue weighted by Gasteiger charge is 2.35. The van der Waals surface area contributed by atoms with Crippen LogP contribution in [0.2, 0.25) is 0 Å². The second kappa shape index (κ2) is 6.39. The van der Waals surface area contributed by atoms with E-state index in [1.165, 1.54) is 7.11 Å². The zero-order valence-electron chi connectivity index (χ0n) is 12.1. The van der Waals surface area contributed by atoms with Crippen LogP contribution in [0.3, 0.4) is 0 Å². The van der Waals surface area contributed by atoms with Gasteiger partial charge in [-0.25, -0.2) is 0 Å². The zero-order chi connectivity index (χ0) is 15.4. The molecule has 6 nitrogen and oxygen atoms in total. The largest absolute Gasteiger partial charge is 0.468 e. The molecular formula is C15H18N2O4. The van der Waals surface area contributed by atoms with Gasteiger partial charge in [0.1, 0.15) is 6.54 Å². The first-order chi connectivity index (χ1) is 10.0. The average molecular weight is 290 g/mol. The number of benzene rings is 1. The van der Waals surface area contributed by atoms with Crippen LogP contribution in [0.25, 0.3) is 0 Å². The summed E-state index contributed by atoms with van der Waals surface area (Å²) in [6.07, 6.45) is 0.154. The fraction of sp³-hybridized carbons (Fsp3) is 0.400. The SMILES string of the molecule is COC(=O)CNC(=O)[C@@H]1CC(=O)N(c2ccc(C)cc2)C1. The molecule has 1 saturated heterocycles. The molecule has 0 unspecified atom stereocenters. The maximum Gasteiger partial charge on any atom is 0.325 e. The molecule has 0 radical (unpaired) electrons. The van der Waals surface area contributed by atoms with Gasteiger partial charge in [-0.1, -0.05) is 17.7 Å². The van der Waals surface area contributed by atoms with Crippen molar-refractivity contribution < 1.29 is 19.1 Å². The van der Waals surface area contributed by atoms with Crippen LogP contribution < -0.4 is 10.2 Å². The molecule has 112 valence electrons. The summed E-state index contributed by atoms with van der Waals surface area (Å²) >= 11 is 0. The molecule has 1 aromatic carbocycles. The first kappa shape index (κ1) is 15.0. The molecule has 6 heteroatoms. The summed E-state index contributed by atoms with van der Waals surface area (Å²) in [5, 5.41) is 2.48. The van der Waals surface area contributed by atoms with E-state index >= 15 is 0 Å². The number of aryl methyl sites for hydroxylation is 1. The van der Waals surface area contributed by atoms with Crippen molar-refractivity contribution in [3.63, 3.8) is 0 Å². The van der Waals surface area contributed by atoms with Crippen molar-refractivity contribution in [2.45, 2.75) is 13.3 Å². The van der Waals surface area contributed by atoms with Crippen LogP contribution in [0, 0.1) is 12.8 Å². The van der Waals surface area contributed by atoms with E-state index in [0.717, 1.165) is 11.3 Å². The first-order valence-electron chi connectivity index (χ1n) is 6.73. The van der Waals surface area contributed by atoms with Gasteiger partial charge in [0.05, 0.1) is 13.0 Å². The predicted molar refractivity (Wildman–Crippen MR) is 76.7 cm³/mol.